The first-order valence-electron chi connectivity index (χ1n) is 6.05. The number of rotatable bonds is 6. The van der Waals surface area contributed by atoms with E-state index in [2.05, 4.69) is 15.6 Å². The van der Waals surface area contributed by atoms with E-state index < -0.39 is 5.41 Å². The van der Waals surface area contributed by atoms with E-state index >= 15 is 0 Å². The zero-order chi connectivity index (χ0) is 14.5. The summed E-state index contributed by atoms with van der Waals surface area (Å²) >= 11 is 1.42. The lowest BCUT2D eigenvalue weighted by atomic mass is 9.92. The Morgan fingerprint density at radius 1 is 1.47 bits per heavy atom. The van der Waals surface area contributed by atoms with Crippen LogP contribution < -0.4 is 16.4 Å². The van der Waals surface area contributed by atoms with Crippen molar-refractivity contribution in [1.82, 2.24) is 15.6 Å². The summed E-state index contributed by atoms with van der Waals surface area (Å²) in [5.41, 5.74) is 5.16. The maximum atomic E-state index is 11.9. The highest BCUT2D eigenvalue weighted by Crippen LogP contribution is 2.14. The van der Waals surface area contributed by atoms with Crippen molar-refractivity contribution in [2.45, 2.75) is 20.3 Å². The van der Waals surface area contributed by atoms with Crippen LogP contribution in [0, 0.1) is 5.41 Å². The van der Waals surface area contributed by atoms with Crippen molar-refractivity contribution in [3.63, 3.8) is 0 Å². The topological polar surface area (TPSA) is 97.1 Å². The zero-order valence-electron chi connectivity index (χ0n) is 11.4. The van der Waals surface area contributed by atoms with Crippen LogP contribution in [0.1, 0.15) is 29.3 Å². The van der Waals surface area contributed by atoms with Gasteiger partial charge in [-0.05, 0) is 20.4 Å². The molecule has 1 heterocycles. The van der Waals surface area contributed by atoms with E-state index in [1.165, 1.54) is 11.3 Å². The lowest BCUT2D eigenvalue weighted by molar-refractivity contribution is -0.128. The number of amides is 2. The molecule has 0 aliphatic rings. The van der Waals surface area contributed by atoms with Crippen LogP contribution >= 0.6 is 11.3 Å². The van der Waals surface area contributed by atoms with Gasteiger partial charge in [0, 0.05) is 25.4 Å². The fourth-order valence-electron chi connectivity index (χ4n) is 1.46. The van der Waals surface area contributed by atoms with Gasteiger partial charge >= 0.3 is 0 Å². The van der Waals surface area contributed by atoms with E-state index in [-0.39, 0.29) is 18.4 Å². The van der Waals surface area contributed by atoms with E-state index in [4.69, 9.17) is 5.73 Å². The second-order valence-corrected chi connectivity index (χ2v) is 5.75. The van der Waals surface area contributed by atoms with Gasteiger partial charge in [0.2, 0.25) is 5.91 Å². The second-order valence-electron chi connectivity index (χ2n) is 4.81. The quantitative estimate of drug-likeness (QED) is 0.692. The average Bonchev–Trinajstić information content (AvgIpc) is 2.84. The van der Waals surface area contributed by atoms with E-state index in [1.807, 2.05) is 0 Å². The molecule has 0 radical (unpaired) electrons. The lowest BCUT2D eigenvalue weighted by Crippen LogP contribution is -2.43. The minimum absolute atomic E-state index is 0.116. The molecular weight excluding hydrogens is 264 g/mol. The molecule has 0 bridgehead atoms. The molecule has 4 N–H and O–H groups in total. The van der Waals surface area contributed by atoms with E-state index in [0.29, 0.717) is 18.7 Å². The Labute approximate surface area is 116 Å². The molecule has 19 heavy (non-hydrogen) atoms. The maximum Gasteiger partial charge on any atom is 0.270 e. The standard InChI is InChI=1S/C12H20N4O2S/c1-12(2,11(18)14-3)7-15-10(17)8-6-19-9(16-8)4-5-13/h6H,4-5,7,13H2,1-3H3,(H,14,18)(H,15,17). The second kappa shape index (κ2) is 6.63. The van der Waals surface area contributed by atoms with Gasteiger partial charge in [-0.2, -0.15) is 0 Å². The summed E-state index contributed by atoms with van der Waals surface area (Å²) in [6.45, 7) is 4.31. The fourth-order valence-corrected chi connectivity index (χ4v) is 2.26. The number of aromatic nitrogens is 1. The molecular formula is C12H20N4O2S. The highest BCUT2D eigenvalue weighted by Gasteiger charge is 2.27. The number of carbonyl (C=O) groups is 2. The smallest absolute Gasteiger partial charge is 0.270 e. The van der Waals surface area contributed by atoms with Crippen molar-refractivity contribution in [2.24, 2.45) is 11.1 Å². The molecule has 6 nitrogen and oxygen atoms in total. The molecule has 0 aromatic carbocycles. The molecule has 0 aliphatic heterocycles. The van der Waals surface area contributed by atoms with Gasteiger partial charge in [-0.25, -0.2) is 4.98 Å². The van der Waals surface area contributed by atoms with Gasteiger partial charge in [0.05, 0.1) is 10.4 Å². The Bertz CT molecular complexity index is 456. The maximum absolute atomic E-state index is 11.9. The van der Waals surface area contributed by atoms with Crippen molar-refractivity contribution in [3.05, 3.63) is 16.1 Å². The van der Waals surface area contributed by atoms with E-state index in [9.17, 15) is 9.59 Å². The molecule has 0 atom stereocenters. The van der Waals surface area contributed by atoms with Crippen molar-refractivity contribution in [3.8, 4) is 0 Å². The Hall–Kier alpha value is -1.47. The van der Waals surface area contributed by atoms with Crippen molar-refractivity contribution in [1.29, 1.82) is 0 Å². The van der Waals surface area contributed by atoms with Crippen LogP contribution in [0.4, 0.5) is 0 Å². The third-order valence-electron chi connectivity index (χ3n) is 2.68. The normalized spacial score (nSPS) is 11.2. The van der Waals surface area contributed by atoms with Crippen LogP contribution in [-0.4, -0.2) is 36.9 Å². The molecule has 1 aromatic rings. The predicted molar refractivity (Wildman–Crippen MR) is 75.1 cm³/mol. The molecule has 0 aliphatic carbocycles. The summed E-state index contributed by atoms with van der Waals surface area (Å²) in [4.78, 5) is 27.7. The molecule has 106 valence electrons. The molecule has 0 spiro atoms. The number of nitrogens with one attached hydrogen (secondary N) is 2. The summed E-state index contributed by atoms with van der Waals surface area (Å²) in [6, 6.07) is 0. The first-order chi connectivity index (χ1) is 8.90. The van der Waals surface area contributed by atoms with E-state index in [1.54, 1.807) is 26.3 Å². The summed E-state index contributed by atoms with van der Waals surface area (Å²) in [5.74, 6) is -0.383. The van der Waals surface area contributed by atoms with Crippen molar-refractivity contribution >= 4 is 23.2 Å². The molecule has 0 saturated carbocycles. The molecule has 0 saturated heterocycles. The summed E-state index contributed by atoms with van der Waals surface area (Å²) in [6.07, 6.45) is 0.668. The Balaban J connectivity index is 2.57. The van der Waals surface area contributed by atoms with Crippen molar-refractivity contribution in [2.75, 3.05) is 20.1 Å². The number of carbonyl (C=O) groups excluding carboxylic acids is 2. The van der Waals surface area contributed by atoms with Crippen molar-refractivity contribution < 1.29 is 9.59 Å². The first-order valence-corrected chi connectivity index (χ1v) is 6.93. The van der Waals surface area contributed by atoms with Crippen LogP contribution in [-0.2, 0) is 11.2 Å². The van der Waals surface area contributed by atoms with Gasteiger partial charge in [0.15, 0.2) is 0 Å². The van der Waals surface area contributed by atoms with Gasteiger partial charge in [-0.3, -0.25) is 9.59 Å². The number of hydrogen-bond donors (Lipinski definition) is 3. The summed E-state index contributed by atoms with van der Waals surface area (Å²) < 4.78 is 0. The minimum atomic E-state index is -0.652. The van der Waals surface area contributed by atoms with Gasteiger partial charge in [-0.1, -0.05) is 0 Å². The van der Waals surface area contributed by atoms with Crippen LogP contribution in [0.3, 0.4) is 0 Å². The Morgan fingerprint density at radius 2 is 2.16 bits per heavy atom. The number of nitrogens with zero attached hydrogens (tertiary/aromatic N) is 1. The minimum Gasteiger partial charge on any atom is -0.359 e. The third-order valence-corrected chi connectivity index (χ3v) is 3.58. The molecule has 1 rings (SSSR count). The largest absolute Gasteiger partial charge is 0.359 e. The van der Waals surface area contributed by atoms with Gasteiger partial charge < -0.3 is 16.4 Å². The Morgan fingerprint density at radius 3 is 2.74 bits per heavy atom. The Kier molecular flexibility index (Phi) is 5.44. The third kappa shape index (κ3) is 4.29. The molecule has 2 amide bonds. The molecule has 0 fully saturated rings. The molecule has 7 heteroatoms. The van der Waals surface area contributed by atoms with Crippen LogP contribution in [0.5, 0.6) is 0 Å². The summed E-state index contributed by atoms with van der Waals surface area (Å²) in [5, 5.41) is 7.84. The monoisotopic (exact) mass is 284 g/mol. The van der Waals surface area contributed by atoms with Crippen LogP contribution in [0.25, 0.3) is 0 Å². The summed E-state index contributed by atoms with van der Waals surface area (Å²) in [7, 11) is 1.57. The molecule has 0 unspecified atom stereocenters. The zero-order valence-corrected chi connectivity index (χ0v) is 12.3. The van der Waals surface area contributed by atoms with Crippen LogP contribution in [0.2, 0.25) is 0 Å². The number of hydrogen-bond acceptors (Lipinski definition) is 5. The SMILES string of the molecule is CNC(=O)C(C)(C)CNC(=O)c1csc(CCN)n1. The van der Waals surface area contributed by atoms with Gasteiger partial charge in [0.1, 0.15) is 5.69 Å². The number of nitrogens with two attached hydrogens (primary N) is 1. The molecule has 1 aromatic heterocycles. The lowest BCUT2D eigenvalue weighted by Gasteiger charge is -2.22. The predicted octanol–water partition coefficient (Wildman–Crippen LogP) is 0.146. The van der Waals surface area contributed by atoms with Gasteiger partial charge in [-0.15, -0.1) is 11.3 Å². The highest BCUT2D eigenvalue weighted by molar-refractivity contribution is 7.09. The fraction of sp³-hybridized carbons (Fsp3) is 0.583. The number of thiazole rings is 1. The highest BCUT2D eigenvalue weighted by atomic mass is 32.1. The van der Waals surface area contributed by atoms with E-state index in [0.717, 1.165) is 5.01 Å². The van der Waals surface area contributed by atoms with Crippen LogP contribution in [0.15, 0.2) is 5.38 Å². The first kappa shape index (κ1) is 15.6. The average molecular weight is 284 g/mol. The van der Waals surface area contributed by atoms with Gasteiger partial charge in [0.25, 0.3) is 5.91 Å².